The van der Waals surface area contributed by atoms with E-state index in [1.165, 1.54) is 0 Å². The summed E-state index contributed by atoms with van der Waals surface area (Å²) in [5.41, 5.74) is 9.35. The molecule has 0 saturated carbocycles. The van der Waals surface area contributed by atoms with Crippen molar-refractivity contribution in [2.24, 2.45) is 5.11 Å². The fourth-order valence-corrected chi connectivity index (χ4v) is 1.51. The first-order chi connectivity index (χ1) is 6.42. The molecule has 1 heterocycles. The van der Waals surface area contributed by atoms with Crippen LogP contribution in [0.2, 0.25) is 0 Å². The predicted octanol–water partition coefficient (Wildman–Crippen LogP) is 2.82. The second-order valence-corrected chi connectivity index (χ2v) is 2.90. The van der Waals surface area contributed by atoms with Crippen LogP contribution in [0.4, 0.5) is 0 Å². The molecule has 1 aromatic carbocycles. The topological polar surface area (TPSA) is 58.0 Å². The zero-order valence-electron chi connectivity index (χ0n) is 7.05. The molecular formula is C9H9N3O. The molecule has 66 valence electrons. The van der Waals surface area contributed by atoms with Crippen LogP contribution in [-0.2, 0) is 0 Å². The van der Waals surface area contributed by atoms with Crippen molar-refractivity contribution in [1.82, 2.24) is 0 Å². The van der Waals surface area contributed by atoms with Crippen LogP contribution in [0.25, 0.3) is 10.4 Å². The predicted molar refractivity (Wildman–Crippen MR) is 48.4 cm³/mol. The number of fused-ring (bicyclic) bond motifs is 1. The van der Waals surface area contributed by atoms with Gasteiger partial charge in [-0.15, -0.1) is 0 Å². The summed E-state index contributed by atoms with van der Waals surface area (Å²) in [6, 6.07) is 7.61. The van der Waals surface area contributed by atoms with Gasteiger partial charge in [-0.05, 0) is 18.0 Å². The van der Waals surface area contributed by atoms with Crippen molar-refractivity contribution >= 4 is 0 Å². The highest BCUT2D eigenvalue weighted by Crippen LogP contribution is 2.33. The Morgan fingerprint density at radius 2 is 2.31 bits per heavy atom. The second kappa shape index (κ2) is 3.37. The first-order valence-corrected chi connectivity index (χ1v) is 4.18. The van der Waals surface area contributed by atoms with Crippen molar-refractivity contribution in [1.29, 1.82) is 0 Å². The van der Waals surface area contributed by atoms with Crippen LogP contribution in [0.1, 0.15) is 18.0 Å². The normalized spacial score (nSPS) is 19.5. The van der Waals surface area contributed by atoms with Gasteiger partial charge in [-0.25, -0.2) is 0 Å². The third-order valence-corrected chi connectivity index (χ3v) is 2.12. The van der Waals surface area contributed by atoms with Crippen LogP contribution in [-0.4, -0.2) is 6.61 Å². The van der Waals surface area contributed by atoms with E-state index in [1.54, 1.807) is 0 Å². The first-order valence-electron chi connectivity index (χ1n) is 4.18. The molecular weight excluding hydrogens is 166 g/mol. The summed E-state index contributed by atoms with van der Waals surface area (Å²) in [5.74, 6) is 0.839. The molecule has 0 amide bonds. The molecule has 0 unspecified atom stereocenters. The van der Waals surface area contributed by atoms with Gasteiger partial charge >= 0.3 is 0 Å². The Labute approximate surface area is 75.8 Å². The quantitative estimate of drug-likeness (QED) is 0.367. The van der Waals surface area contributed by atoms with Gasteiger partial charge in [0.1, 0.15) is 5.75 Å². The molecule has 0 saturated heterocycles. The maximum absolute atomic E-state index is 8.36. The molecule has 1 aromatic rings. The van der Waals surface area contributed by atoms with Gasteiger partial charge in [-0.3, -0.25) is 0 Å². The van der Waals surface area contributed by atoms with Crippen molar-refractivity contribution in [2.75, 3.05) is 6.61 Å². The molecule has 0 bridgehead atoms. The number of azide groups is 1. The number of nitrogens with zero attached hydrogens (tertiary/aromatic N) is 3. The summed E-state index contributed by atoms with van der Waals surface area (Å²) in [6.45, 7) is 0.626. The molecule has 0 aliphatic carbocycles. The van der Waals surface area contributed by atoms with Crippen molar-refractivity contribution in [2.45, 2.75) is 12.5 Å². The maximum atomic E-state index is 8.36. The van der Waals surface area contributed by atoms with Gasteiger partial charge in [-0.2, -0.15) is 0 Å². The largest absolute Gasteiger partial charge is 0.493 e. The van der Waals surface area contributed by atoms with E-state index in [4.69, 9.17) is 10.3 Å². The van der Waals surface area contributed by atoms with Crippen LogP contribution < -0.4 is 4.74 Å². The smallest absolute Gasteiger partial charge is 0.122 e. The van der Waals surface area contributed by atoms with Crippen molar-refractivity contribution in [3.05, 3.63) is 40.3 Å². The van der Waals surface area contributed by atoms with Gasteiger partial charge in [0, 0.05) is 10.5 Å². The third-order valence-electron chi connectivity index (χ3n) is 2.12. The van der Waals surface area contributed by atoms with Gasteiger partial charge in [0.2, 0.25) is 0 Å². The molecule has 0 spiro atoms. The van der Waals surface area contributed by atoms with Crippen molar-refractivity contribution in [3.63, 3.8) is 0 Å². The minimum absolute atomic E-state index is 0.0602. The fraction of sp³-hybridized carbons (Fsp3) is 0.333. The number of para-hydroxylation sites is 1. The molecule has 0 aromatic heterocycles. The van der Waals surface area contributed by atoms with E-state index in [0.717, 1.165) is 17.7 Å². The summed E-state index contributed by atoms with van der Waals surface area (Å²) < 4.78 is 5.42. The Morgan fingerprint density at radius 3 is 3.15 bits per heavy atom. The third kappa shape index (κ3) is 1.44. The first kappa shape index (κ1) is 7.95. The monoisotopic (exact) mass is 175 g/mol. The summed E-state index contributed by atoms with van der Waals surface area (Å²) >= 11 is 0. The maximum Gasteiger partial charge on any atom is 0.122 e. The van der Waals surface area contributed by atoms with Crippen molar-refractivity contribution in [3.8, 4) is 5.75 Å². The standard InChI is InChI=1S/C9H9N3O/c10-12-11-8-5-6-13-9-4-2-1-3-7(8)9/h1-4,8H,5-6H2/t8-/m0/s1. The van der Waals surface area contributed by atoms with E-state index in [1.807, 2.05) is 24.3 Å². The van der Waals surface area contributed by atoms with Gasteiger partial charge in [-0.1, -0.05) is 23.3 Å². The SMILES string of the molecule is [N-]=[N+]=N[C@H]1CCOc2ccccc21. The van der Waals surface area contributed by atoms with Crippen LogP contribution in [0.5, 0.6) is 5.75 Å². The Balaban J connectivity index is 2.42. The lowest BCUT2D eigenvalue weighted by Crippen LogP contribution is -2.11. The van der Waals surface area contributed by atoms with Crippen LogP contribution in [0, 0.1) is 0 Å². The molecule has 0 N–H and O–H groups in total. The lowest BCUT2D eigenvalue weighted by Gasteiger charge is -2.21. The summed E-state index contributed by atoms with van der Waals surface area (Å²) in [7, 11) is 0. The number of ether oxygens (including phenoxy) is 1. The van der Waals surface area contributed by atoms with Gasteiger partial charge in [0.25, 0.3) is 0 Å². The minimum Gasteiger partial charge on any atom is -0.493 e. The highest BCUT2D eigenvalue weighted by molar-refractivity contribution is 5.37. The highest BCUT2D eigenvalue weighted by Gasteiger charge is 2.18. The van der Waals surface area contributed by atoms with Gasteiger partial charge in [0.05, 0.1) is 12.6 Å². The van der Waals surface area contributed by atoms with E-state index in [2.05, 4.69) is 10.0 Å². The molecule has 4 nitrogen and oxygen atoms in total. The molecule has 0 fully saturated rings. The number of benzene rings is 1. The Morgan fingerprint density at radius 1 is 1.46 bits per heavy atom. The average Bonchev–Trinajstić information content (AvgIpc) is 2.19. The second-order valence-electron chi connectivity index (χ2n) is 2.90. The van der Waals surface area contributed by atoms with E-state index in [-0.39, 0.29) is 6.04 Å². The molecule has 4 heteroatoms. The van der Waals surface area contributed by atoms with Gasteiger partial charge in [0.15, 0.2) is 0 Å². The van der Waals surface area contributed by atoms with E-state index in [9.17, 15) is 0 Å². The highest BCUT2D eigenvalue weighted by atomic mass is 16.5. The minimum atomic E-state index is -0.0602. The zero-order valence-corrected chi connectivity index (χ0v) is 7.05. The van der Waals surface area contributed by atoms with Gasteiger partial charge < -0.3 is 4.74 Å². The van der Waals surface area contributed by atoms with E-state index >= 15 is 0 Å². The number of hydrogen-bond donors (Lipinski definition) is 0. The zero-order chi connectivity index (χ0) is 9.10. The Bertz CT molecular complexity index is 358. The lowest BCUT2D eigenvalue weighted by molar-refractivity contribution is 0.269. The lowest BCUT2D eigenvalue weighted by atomic mass is 10.0. The van der Waals surface area contributed by atoms with Crippen LogP contribution >= 0.6 is 0 Å². The number of hydrogen-bond acceptors (Lipinski definition) is 2. The number of rotatable bonds is 1. The molecule has 1 aliphatic rings. The molecule has 13 heavy (non-hydrogen) atoms. The summed E-state index contributed by atoms with van der Waals surface area (Å²) in [4.78, 5) is 2.83. The molecule has 1 atom stereocenters. The van der Waals surface area contributed by atoms with Crippen molar-refractivity contribution < 1.29 is 4.74 Å². The Hall–Kier alpha value is -1.67. The fourth-order valence-electron chi connectivity index (χ4n) is 1.51. The summed E-state index contributed by atoms with van der Waals surface area (Å²) in [6.07, 6.45) is 0.765. The van der Waals surface area contributed by atoms with Crippen LogP contribution in [0.15, 0.2) is 29.4 Å². The molecule has 0 radical (unpaired) electrons. The molecule has 1 aliphatic heterocycles. The molecule has 2 rings (SSSR count). The van der Waals surface area contributed by atoms with Crippen LogP contribution in [0.3, 0.4) is 0 Å². The Kier molecular flexibility index (Phi) is 2.06. The average molecular weight is 175 g/mol. The summed E-state index contributed by atoms with van der Waals surface area (Å²) in [5, 5.41) is 3.73. The van der Waals surface area contributed by atoms with E-state index in [0.29, 0.717) is 6.61 Å². The van der Waals surface area contributed by atoms with E-state index < -0.39 is 0 Å².